The standard InChI is InChI=1S/C16H20O4/c1-4-19-14(17)13-10-16(13,15(18)20-5-2)12-8-6-7-11(3)9-12/h6-9,13H,4-5,10H2,1-3H3/t13-,16+/m0/s1. The van der Waals surface area contributed by atoms with Crippen molar-refractivity contribution >= 4 is 11.9 Å². The van der Waals surface area contributed by atoms with Gasteiger partial charge in [-0.1, -0.05) is 29.8 Å². The lowest BCUT2D eigenvalue weighted by molar-refractivity contribution is -0.152. The molecule has 2 atom stereocenters. The van der Waals surface area contributed by atoms with Crippen molar-refractivity contribution in [2.75, 3.05) is 13.2 Å². The Balaban J connectivity index is 2.33. The summed E-state index contributed by atoms with van der Waals surface area (Å²) in [6.45, 7) is 6.12. The molecule has 0 radical (unpaired) electrons. The highest BCUT2D eigenvalue weighted by Crippen LogP contribution is 2.56. The molecule has 0 amide bonds. The van der Waals surface area contributed by atoms with Crippen LogP contribution in [-0.2, 0) is 24.5 Å². The Morgan fingerprint density at radius 2 is 1.95 bits per heavy atom. The third-order valence-electron chi connectivity index (χ3n) is 3.70. The van der Waals surface area contributed by atoms with Crippen LogP contribution in [0.1, 0.15) is 31.4 Å². The third kappa shape index (κ3) is 2.42. The van der Waals surface area contributed by atoms with Gasteiger partial charge in [-0.05, 0) is 32.8 Å². The van der Waals surface area contributed by atoms with Gasteiger partial charge < -0.3 is 9.47 Å². The van der Waals surface area contributed by atoms with Gasteiger partial charge in [0.25, 0.3) is 0 Å². The molecule has 4 heteroatoms. The highest BCUT2D eigenvalue weighted by molar-refractivity contribution is 5.96. The van der Waals surface area contributed by atoms with Gasteiger partial charge in [0.1, 0.15) is 5.41 Å². The van der Waals surface area contributed by atoms with Crippen LogP contribution in [0, 0.1) is 12.8 Å². The van der Waals surface area contributed by atoms with Crippen molar-refractivity contribution in [3.8, 4) is 0 Å². The summed E-state index contributed by atoms with van der Waals surface area (Å²) in [5.41, 5.74) is 1.04. The van der Waals surface area contributed by atoms with Gasteiger partial charge in [-0.25, -0.2) is 0 Å². The summed E-state index contributed by atoms with van der Waals surface area (Å²) < 4.78 is 10.2. The maximum absolute atomic E-state index is 12.3. The Bertz CT molecular complexity index is 523. The maximum atomic E-state index is 12.3. The SMILES string of the molecule is CCOC(=O)[C@@H]1C[C@@]1(C(=O)OCC)c1cccc(C)c1. The molecule has 0 spiro atoms. The molecule has 1 saturated carbocycles. The van der Waals surface area contributed by atoms with E-state index in [1.807, 2.05) is 31.2 Å². The number of rotatable bonds is 5. The van der Waals surface area contributed by atoms with Crippen LogP contribution in [0.5, 0.6) is 0 Å². The van der Waals surface area contributed by atoms with E-state index in [9.17, 15) is 9.59 Å². The minimum Gasteiger partial charge on any atom is -0.466 e. The Morgan fingerprint density at radius 3 is 2.55 bits per heavy atom. The van der Waals surface area contributed by atoms with E-state index in [2.05, 4.69) is 0 Å². The van der Waals surface area contributed by atoms with Gasteiger partial charge in [0.2, 0.25) is 0 Å². The van der Waals surface area contributed by atoms with Crippen molar-refractivity contribution in [1.29, 1.82) is 0 Å². The number of esters is 2. The number of hydrogen-bond acceptors (Lipinski definition) is 4. The molecular formula is C16H20O4. The molecule has 2 rings (SSSR count). The molecule has 1 aromatic rings. The predicted octanol–water partition coefficient (Wildman–Crippen LogP) is 2.38. The summed E-state index contributed by atoms with van der Waals surface area (Å²) in [4.78, 5) is 24.3. The fraction of sp³-hybridized carbons (Fsp3) is 0.500. The van der Waals surface area contributed by atoms with Crippen LogP contribution >= 0.6 is 0 Å². The van der Waals surface area contributed by atoms with E-state index in [1.165, 1.54) is 0 Å². The fourth-order valence-corrected chi connectivity index (χ4v) is 2.64. The molecule has 0 aromatic heterocycles. The smallest absolute Gasteiger partial charge is 0.317 e. The normalized spacial score (nSPS) is 24.1. The topological polar surface area (TPSA) is 52.6 Å². The largest absolute Gasteiger partial charge is 0.466 e. The predicted molar refractivity (Wildman–Crippen MR) is 74.2 cm³/mol. The van der Waals surface area contributed by atoms with Crippen LogP contribution in [-0.4, -0.2) is 25.2 Å². The summed E-state index contributed by atoms with van der Waals surface area (Å²) in [5, 5.41) is 0. The molecule has 0 unspecified atom stereocenters. The molecule has 1 aliphatic carbocycles. The number of aryl methyl sites for hydroxylation is 1. The molecule has 1 fully saturated rings. The second-order valence-corrected chi connectivity index (χ2v) is 5.07. The fourth-order valence-electron chi connectivity index (χ4n) is 2.64. The van der Waals surface area contributed by atoms with E-state index in [0.717, 1.165) is 11.1 Å². The molecule has 20 heavy (non-hydrogen) atoms. The van der Waals surface area contributed by atoms with Gasteiger partial charge >= 0.3 is 11.9 Å². The highest BCUT2D eigenvalue weighted by atomic mass is 16.5. The van der Waals surface area contributed by atoms with Crippen molar-refractivity contribution in [3.63, 3.8) is 0 Å². The van der Waals surface area contributed by atoms with E-state index >= 15 is 0 Å². The number of carbonyl (C=O) groups is 2. The number of ether oxygens (including phenoxy) is 2. The van der Waals surface area contributed by atoms with Crippen molar-refractivity contribution in [2.45, 2.75) is 32.6 Å². The van der Waals surface area contributed by atoms with Crippen molar-refractivity contribution < 1.29 is 19.1 Å². The molecule has 0 heterocycles. The molecule has 4 nitrogen and oxygen atoms in total. The van der Waals surface area contributed by atoms with Crippen molar-refractivity contribution in [1.82, 2.24) is 0 Å². The first kappa shape index (κ1) is 14.6. The van der Waals surface area contributed by atoms with Gasteiger partial charge in [0.15, 0.2) is 0 Å². The molecule has 1 aliphatic rings. The lowest BCUT2D eigenvalue weighted by Gasteiger charge is -2.16. The summed E-state index contributed by atoms with van der Waals surface area (Å²) in [7, 11) is 0. The lowest BCUT2D eigenvalue weighted by Crippen LogP contribution is -2.28. The van der Waals surface area contributed by atoms with Crippen LogP contribution in [0.15, 0.2) is 24.3 Å². The van der Waals surface area contributed by atoms with Gasteiger partial charge in [-0.2, -0.15) is 0 Å². The Labute approximate surface area is 119 Å². The highest BCUT2D eigenvalue weighted by Gasteiger charge is 2.66. The average molecular weight is 276 g/mol. The molecule has 1 aromatic carbocycles. The van der Waals surface area contributed by atoms with E-state index in [1.54, 1.807) is 13.8 Å². The zero-order valence-corrected chi connectivity index (χ0v) is 12.1. The quantitative estimate of drug-likeness (QED) is 0.775. The minimum absolute atomic E-state index is 0.307. The van der Waals surface area contributed by atoms with Gasteiger partial charge in [0, 0.05) is 0 Å². The summed E-state index contributed by atoms with van der Waals surface area (Å²) >= 11 is 0. The Hall–Kier alpha value is -1.84. The summed E-state index contributed by atoms with van der Waals surface area (Å²) in [5.74, 6) is -1.07. The van der Waals surface area contributed by atoms with E-state index in [0.29, 0.717) is 19.6 Å². The van der Waals surface area contributed by atoms with Gasteiger partial charge in [-0.15, -0.1) is 0 Å². The zero-order chi connectivity index (χ0) is 14.8. The van der Waals surface area contributed by atoms with Crippen LogP contribution in [0.3, 0.4) is 0 Å². The molecule has 0 bridgehead atoms. The maximum Gasteiger partial charge on any atom is 0.317 e. The van der Waals surface area contributed by atoms with Crippen molar-refractivity contribution in [2.24, 2.45) is 5.92 Å². The number of benzene rings is 1. The van der Waals surface area contributed by atoms with Crippen LogP contribution < -0.4 is 0 Å². The second kappa shape index (κ2) is 5.65. The summed E-state index contributed by atoms with van der Waals surface area (Å²) in [6.07, 6.45) is 0.466. The first-order valence-corrected chi connectivity index (χ1v) is 6.97. The molecular weight excluding hydrogens is 256 g/mol. The number of hydrogen-bond donors (Lipinski definition) is 0. The zero-order valence-electron chi connectivity index (χ0n) is 12.1. The second-order valence-electron chi connectivity index (χ2n) is 5.07. The molecule has 108 valence electrons. The van der Waals surface area contributed by atoms with Crippen LogP contribution in [0.4, 0.5) is 0 Å². The lowest BCUT2D eigenvalue weighted by atomic mass is 9.92. The van der Waals surface area contributed by atoms with Gasteiger partial charge in [-0.3, -0.25) is 9.59 Å². The average Bonchev–Trinajstić information content (AvgIpc) is 3.16. The first-order chi connectivity index (χ1) is 9.56. The molecule has 0 saturated heterocycles. The van der Waals surface area contributed by atoms with Crippen molar-refractivity contribution in [3.05, 3.63) is 35.4 Å². The first-order valence-electron chi connectivity index (χ1n) is 6.97. The minimum atomic E-state index is -0.853. The van der Waals surface area contributed by atoms with Crippen LogP contribution in [0.25, 0.3) is 0 Å². The number of carbonyl (C=O) groups excluding carboxylic acids is 2. The molecule has 0 N–H and O–H groups in total. The Morgan fingerprint density at radius 1 is 1.25 bits per heavy atom. The Kier molecular flexibility index (Phi) is 4.12. The third-order valence-corrected chi connectivity index (χ3v) is 3.70. The summed E-state index contributed by atoms with van der Waals surface area (Å²) in [6, 6.07) is 7.68. The molecule has 0 aliphatic heterocycles. The monoisotopic (exact) mass is 276 g/mol. The van der Waals surface area contributed by atoms with E-state index < -0.39 is 11.3 Å². The van der Waals surface area contributed by atoms with E-state index in [4.69, 9.17) is 9.47 Å². The van der Waals surface area contributed by atoms with E-state index in [-0.39, 0.29) is 11.9 Å². The van der Waals surface area contributed by atoms with Crippen LogP contribution in [0.2, 0.25) is 0 Å². The van der Waals surface area contributed by atoms with Gasteiger partial charge in [0.05, 0.1) is 19.1 Å².